The van der Waals surface area contributed by atoms with Gasteiger partial charge < -0.3 is 5.32 Å². The second kappa shape index (κ2) is 6.13. The summed E-state index contributed by atoms with van der Waals surface area (Å²) in [5, 5.41) is 14.9. The third-order valence-electron chi connectivity index (χ3n) is 2.20. The van der Waals surface area contributed by atoms with Crippen LogP contribution in [-0.4, -0.2) is 41.0 Å². The molecule has 1 aliphatic heterocycles. The van der Waals surface area contributed by atoms with E-state index in [1.807, 2.05) is 19.1 Å². The van der Waals surface area contributed by atoms with E-state index in [4.69, 9.17) is 0 Å². The Hall–Kier alpha value is -0.920. The molecule has 0 spiro atoms. The van der Waals surface area contributed by atoms with Crippen LogP contribution in [0.25, 0.3) is 0 Å². The van der Waals surface area contributed by atoms with E-state index in [9.17, 15) is 4.79 Å². The minimum atomic E-state index is -0.163. The monoisotopic (exact) mass is 270 g/mol. The largest absolute Gasteiger partial charge is 0.354 e. The molecule has 1 aromatic rings. The Labute approximate surface area is 108 Å². The molecule has 1 aromatic heterocycles. The van der Waals surface area contributed by atoms with Crippen LogP contribution in [-0.2, 0) is 4.79 Å². The summed E-state index contributed by atoms with van der Waals surface area (Å²) < 4.78 is 0.954. The van der Waals surface area contributed by atoms with Crippen molar-refractivity contribution in [2.75, 3.05) is 18.8 Å². The second-order valence-electron chi connectivity index (χ2n) is 3.54. The van der Waals surface area contributed by atoms with Gasteiger partial charge in [-0.05, 0) is 6.92 Å². The normalized spacial score (nSPS) is 18.5. The van der Waals surface area contributed by atoms with Crippen LogP contribution >= 0.6 is 23.1 Å². The molecule has 0 unspecified atom stereocenters. The van der Waals surface area contributed by atoms with Crippen LogP contribution in [0.2, 0.25) is 0 Å². The van der Waals surface area contributed by atoms with Gasteiger partial charge in [-0.1, -0.05) is 35.3 Å². The number of aromatic nitrogens is 2. The van der Waals surface area contributed by atoms with Crippen molar-refractivity contribution in [2.45, 2.75) is 17.3 Å². The average molecular weight is 270 g/mol. The lowest BCUT2D eigenvalue weighted by Gasteiger charge is -2.09. The number of aryl methyl sites for hydroxylation is 1. The zero-order chi connectivity index (χ0) is 12.1. The number of nitrogens with one attached hydrogen (secondary N) is 2. The summed E-state index contributed by atoms with van der Waals surface area (Å²) in [4.78, 5) is 11.6. The number of hydrogen-bond donors (Lipinski definition) is 2. The number of nitrogens with zero attached hydrogens (tertiary/aromatic N) is 2. The lowest BCUT2D eigenvalue weighted by molar-refractivity contribution is -0.121. The highest BCUT2D eigenvalue weighted by molar-refractivity contribution is 8.01. The topological polar surface area (TPSA) is 66.9 Å². The van der Waals surface area contributed by atoms with Crippen LogP contribution in [0.15, 0.2) is 16.5 Å². The lowest BCUT2D eigenvalue weighted by Crippen LogP contribution is -2.41. The SMILES string of the molecule is Cc1nnc(SCCNC(=O)[C@H]2C=CCN2)s1. The predicted molar refractivity (Wildman–Crippen MR) is 69.3 cm³/mol. The molecule has 7 heteroatoms. The van der Waals surface area contributed by atoms with Crippen LogP contribution in [0, 0.1) is 6.92 Å². The van der Waals surface area contributed by atoms with Crippen molar-refractivity contribution in [1.82, 2.24) is 20.8 Å². The van der Waals surface area contributed by atoms with Gasteiger partial charge in [0, 0.05) is 18.8 Å². The summed E-state index contributed by atoms with van der Waals surface area (Å²) in [5.74, 6) is 0.851. The van der Waals surface area contributed by atoms with Crippen LogP contribution in [0.5, 0.6) is 0 Å². The van der Waals surface area contributed by atoms with Crippen LogP contribution in [0.1, 0.15) is 5.01 Å². The summed E-state index contributed by atoms with van der Waals surface area (Å²) in [6, 6.07) is -0.163. The smallest absolute Gasteiger partial charge is 0.241 e. The Bertz CT molecular complexity index is 418. The number of amides is 1. The number of hydrogen-bond acceptors (Lipinski definition) is 6. The molecule has 0 aromatic carbocycles. The first-order chi connectivity index (χ1) is 8.25. The fraction of sp³-hybridized carbons (Fsp3) is 0.500. The van der Waals surface area contributed by atoms with E-state index >= 15 is 0 Å². The molecular formula is C10H14N4OS2. The van der Waals surface area contributed by atoms with Gasteiger partial charge in [0.25, 0.3) is 0 Å². The van der Waals surface area contributed by atoms with E-state index in [0.717, 1.165) is 21.6 Å². The van der Waals surface area contributed by atoms with Crippen molar-refractivity contribution in [3.05, 3.63) is 17.2 Å². The molecule has 2 heterocycles. The van der Waals surface area contributed by atoms with E-state index in [1.54, 1.807) is 23.1 Å². The zero-order valence-electron chi connectivity index (χ0n) is 9.47. The third-order valence-corrected chi connectivity index (χ3v) is 4.17. The standard InChI is InChI=1S/C10H14N4OS2/c1-7-13-14-10(17-7)16-6-5-12-9(15)8-3-2-4-11-8/h2-3,8,11H,4-6H2,1H3,(H,12,15)/t8-/m1/s1. The summed E-state index contributed by atoms with van der Waals surface area (Å²) in [5.41, 5.74) is 0. The second-order valence-corrected chi connectivity index (χ2v) is 6.06. The molecule has 0 bridgehead atoms. The molecule has 1 aliphatic rings. The highest BCUT2D eigenvalue weighted by atomic mass is 32.2. The van der Waals surface area contributed by atoms with E-state index in [-0.39, 0.29) is 11.9 Å². The molecule has 1 atom stereocenters. The van der Waals surface area contributed by atoms with Crippen molar-refractivity contribution < 1.29 is 4.79 Å². The lowest BCUT2D eigenvalue weighted by atomic mass is 10.3. The van der Waals surface area contributed by atoms with Gasteiger partial charge in [0.2, 0.25) is 5.91 Å². The molecular weight excluding hydrogens is 256 g/mol. The van der Waals surface area contributed by atoms with E-state index < -0.39 is 0 Å². The van der Waals surface area contributed by atoms with E-state index in [2.05, 4.69) is 20.8 Å². The van der Waals surface area contributed by atoms with Crippen LogP contribution in [0.4, 0.5) is 0 Å². The first kappa shape index (κ1) is 12.5. The fourth-order valence-corrected chi connectivity index (χ4v) is 3.15. The molecule has 5 nitrogen and oxygen atoms in total. The highest BCUT2D eigenvalue weighted by Crippen LogP contribution is 2.20. The van der Waals surface area contributed by atoms with Gasteiger partial charge in [-0.3, -0.25) is 10.1 Å². The van der Waals surface area contributed by atoms with Crippen molar-refractivity contribution in [1.29, 1.82) is 0 Å². The van der Waals surface area contributed by atoms with Gasteiger partial charge in [-0.15, -0.1) is 10.2 Å². The number of rotatable bonds is 5. The van der Waals surface area contributed by atoms with Crippen LogP contribution < -0.4 is 10.6 Å². The summed E-state index contributed by atoms with van der Waals surface area (Å²) >= 11 is 3.19. The van der Waals surface area contributed by atoms with Gasteiger partial charge in [0.1, 0.15) is 11.0 Å². The summed E-state index contributed by atoms with van der Waals surface area (Å²) in [6.07, 6.45) is 3.85. The molecule has 1 amide bonds. The highest BCUT2D eigenvalue weighted by Gasteiger charge is 2.16. The molecule has 2 rings (SSSR count). The molecule has 0 aliphatic carbocycles. The Morgan fingerprint density at radius 3 is 3.24 bits per heavy atom. The minimum Gasteiger partial charge on any atom is -0.354 e. The summed E-state index contributed by atoms with van der Waals surface area (Å²) in [7, 11) is 0. The van der Waals surface area contributed by atoms with Crippen molar-refractivity contribution >= 4 is 29.0 Å². The molecule has 2 N–H and O–H groups in total. The summed E-state index contributed by atoms with van der Waals surface area (Å²) in [6.45, 7) is 3.35. The van der Waals surface area contributed by atoms with Gasteiger partial charge in [-0.25, -0.2) is 0 Å². The maximum atomic E-state index is 11.6. The number of carbonyl (C=O) groups excluding carboxylic acids is 1. The van der Waals surface area contributed by atoms with Gasteiger partial charge in [0.05, 0.1) is 0 Å². The van der Waals surface area contributed by atoms with Gasteiger partial charge in [0.15, 0.2) is 4.34 Å². The zero-order valence-corrected chi connectivity index (χ0v) is 11.1. The van der Waals surface area contributed by atoms with Gasteiger partial charge in [-0.2, -0.15) is 0 Å². The Morgan fingerprint density at radius 1 is 1.71 bits per heavy atom. The molecule has 92 valence electrons. The van der Waals surface area contributed by atoms with Gasteiger partial charge >= 0.3 is 0 Å². The number of carbonyl (C=O) groups is 1. The molecule has 0 radical (unpaired) electrons. The molecule has 0 saturated carbocycles. The minimum absolute atomic E-state index is 0.0350. The first-order valence-corrected chi connectivity index (χ1v) is 7.16. The van der Waals surface area contributed by atoms with E-state index in [0.29, 0.717) is 6.54 Å². The Kier molecular flexibility index (Phi) is 4.52. The Balaban J connectivity index is 1.63. The first-order valence-electron chi connectivity index (χ1n) is 5.36. The maximum absolute atomic E-state index is 11.6. The third kappa shape index (κ3) is 3.79. The molecule has 0 saturated heterocycles. The van der Waals surface area contributed by atoms with Crippen molar-refractivity contribution in [3.63, 3.8) is 0 Å². The molecule has 0 fully saturated rings. The maximum Gasteiger partial charge on any atom is 0.241 e. The predicted octanol–water partition coefficient (Wildman–Crippen LogP) is 0.583. The van der Waals surface area contributed by atoms with Crippen LogP contribution in [0.3, 0.4) is 0 Å². The van der Waals surface area contributed by atoms with Crippen molar-refractivity contribution in [3.8, 4) is 0 Å². The molecule has 17 heavy (non-hydrogen) atoms. The fourth-order valence-electron chi connectivity index (χ4n) is 1.41. The Morgan fingerprint density at radius 2 is 2.59 bits per heavy atom. The quantitative estimate of drug-likeness (QED) is 0.465. The van der Waals surface area contributed by atoms with E-state index in [1.165, 1.54) is 0 Å². The van der Waals surface area contributed by atoms with Crippen molar-refractivity contribution in [2.24, 2.45) is 0 Å². The number of thioether (sulfide) groups is 1. The average Bonchev–Trinajstić information content (AvgIpc) is 2.95.